The van der Waals surface area contributed by atoms with Gasteiger partial charge in [-0.25, -0.2) is 4.98 Å². The summed E-state index contributed by atoms with van der Waals surface area (Å²) in [6, 6.07) is 4.34. The smallest absolute Gasteiger partial charge is 0.122 e. The molecule has 4 aromatic rings. The summed E-state index contributed by atoms with van der Waals surface area (Å²) in [5.41, 5.74) is 6.99. The molecule has 0 radical (unpaired) electrons. The van der Waals surface area contributed by atoms with Crippen LogP contribution >= 0.6 is 11.8 Å². The predicted octanol–water partition coefficient (Wildman–Crippen LogP) is 3.25. The fourth-order valence-corrected chi connectivity index (χ4v) is 3.92. The van der Waals surface area contributed by atoms with Crippen LogP contribution in [0, 0.1) is 0 Å². The zero-order valence-electron chi connectivity index (χ0n) is 11.4. The topological polar surface area (TPSA) is 73.2 Å². The molecule has 0 unspecified atom stereocenters. The maximum absolute atomic E-state index is 4.86. The molecule has 5 rings (SSSR count). The van der Waals surface area contributed by atoms with Crippen LogP contribution in [0.1, 0.15) is 11.1 Å². The third-order valence-corrected chi connectivity index (χ3v) is 5.05. The lowest BCUT2D eigenvalue weighted by atomic mass is 9.94. The van der Waals surface area contributed by atoms with Crippen molar-refractivity contribution in [2.24, 2.45) is 0 Å². The number of aromatic amines is 3. The summed E-state index contributed by atoms with van der Waals surface area (Å²) in [5, 5.41) is 17.3. The van der Waals surface area contributed by atoms with Crippen molar-refractivity contribution < 1.29 is 0 Å². The minimum atomic E-state index is 1.03. The molecular weight excluding hydrogens is 282 g/mol. The van der Waals surface area contributed by atoms with Crippen molar-refractivity contribution in [1.82, 2.24) is 25.4 Å². The Morgan fingerprint density at radius 3 is 3.00 bits per heavy atom. The summed E-state index contributed by atoms with van der Waals surface area (Å²) in [4.78, 5) is 4.86. The molecule has 0 saturated carbocycles. The highest BCUT2D eigenvalue weighted by Crippen LogP contribution is 2.40. The third-order valence-electron chi connectivity index (χ3n) is 4.33. The van der Waals surface area contributed by atoms with Crippen LogP contribution in [0.15, 0.2) is 23.4 Å². The van der Waals surface area contributed by atoms with E-state index < -0.39 is 0 Å². The summed E-state index contributed by atoms with van der Waals surface area (Å²) in [6.07, 6.45) is 6.13. The lowest BCUT2D eigenvalue weighted by molar-refractivity contribution is 0.919. The highest BCUT2D eigenvalue weighted by molar-refractivity contribution is 7.98. The Hall–Kier alpha value is -2.21. The van der Waals surface area contributed by atoms with E-state index in [-0.39, 0.29) is 0 Å². The average Bonchev–Trinajstić information content (AvgIpc) is 3.19. The highest BCUT2D eigenvalue weighted by Gasteiger charge is 2.26. The van der Waals surface area contributed by atoms with E-state index in [9.17, 15) is 0 Å². The summed E-state index contributed by atoms with van der Waals surface area (Å²) in [6.45, 7) is 0. The minimum absolute atomic E-state index is 1.03. The van der Waals surface area contributed by atoms with Crippen LogP contribution in [0.25, 0.3) is 33.2 Å². The summed E-state index contributed by atoms with van der Waals surface area (Å²) in [5.74, 6) is 0. The van der Waals surface area contributed by atoms with Gasteiger partial charge in [0.2, 0.25) is 0 Å². The Morgan fingerprint density at radius 2 is 2.10 bits per heavy atom. The molecule has 0 amide bonds. The lowest BCUT2D eigenvalue weighted by Crippen LogP contribution is -2.01. The van der Waals surface area contributed by atoms with Crippen molar-refractivity contribution in [3.05, 3.63) is 29.5 Å². The number of H-pyrrole nitrogens is 3. The first-order chi connectivity index (χ1) is 10.3. The largest absolute Gasteiger partial charge is 0.307 e. The second-order valence-electron chi connectivity index (χ2n) is 5.40. The maximum Gasteiger partial charge on any atom is 0.122 e. The van der Waals surface area contributed by atoms with Gasteiger partial charge in [-0.05, 0) is 36.8 Å². The second-order valence-corrected chi connectivity index (χ2v) is 6.19. The van der Waals surface area contributed by atoms with Gasteiger partial charge in [-0.3, -0.25) is 5.10 Å². The predicted molar refractivity (Wildman–Crippen MR) is 84.7 cm³/mol. The van der Waals surface area contributed by atoms with Crippen LogP contribution in [0.4, 0.5) is 0 Å². The Morgan fingerprint density at radius 1 is 1.19 bits per heavy atom. The van der Waals surface area contributed by atoms with E-state index in [4.69, 9.17) is 4.98 Å². The first-order valence-corrected chi connectivity index (χ1v) is 8.17. The van der Waals surface area contributed by atoms with Gasteiger partial charge in [0.05, 0.1) is 22.4 Å². The first-order valence-electron chi connectivity index (χ1n) is 6.95. The van der Waals surface area contributed by atoms with Crippen LogP contribution in [-0.4, -0.2) is 31.6 Å². The molecule has 104 valence electrons. The quantitative estimate of drug-likeness (QED) is 0.472. The molecule has 6 heteroatoms. The third kappa shape index (κ3) is 1.43. The zero-order chi connectivity index (χ0) is 14.0. The van der Waals surface area contributed by atoms with Crippen LogP contribution in [0.2, 0.25) is 0 Å². The Labute approximate surface area is 124 Å². The van der Waals surface area contributed by atoms with Gasteiger partial charge in [0, 0.05) is 22.5 Å². The Bertz CT molecular complexity index is 990. The van der Waals surface area contributed by atoms with E-state index in [2.05, 4.69) is 38.8 Å². The van der Waals surface area contributed by atoms with Crippen molar-refractivity contribution in [3.8, 4) is 11.4 Å². The highest BCUT2D eigenvalue weighted by atomic mass is 32.2. The number of hydrogen-bond acceptors (Lipinski definition) is 3. The number of benzene rings is 1. The molecule has 1 aliphatic rings. The Kier molecular flexibility index (Phi) is 2.13. The number of aryl methyl sites for hydroxylation is 1. The zero-order valence-corrected chi connectivity index (χ0v) is 12.3. The number of rotatable bonds is 1. The number of aromatic nitrogens is 5. The molecular formula is C15H13N5S. The van der Waals surface area contributed by atoms with Gasteiger partial charge in [0.15, 0.2) is 0 Å². The molecule has 0 fully saturated rings. The van der Waals surface area contributed by atoms with Crippen LogP contribution in [0.5, 0.6) is 0 Å². The SMILES string of the molecule is CSc1n[nH]c2c1CCc1c-2nc2cc3[nH][nH]cc3cc12. The molecule has 0 saturated heterocycles. The van der Waals surface area contributed by atoms with E-state index in [1.165, 1.54) is 21.9 Å². The van der Waals surface area contributed by atoms with E-state index in [1.807, 2.05) is 6.20 Å². The van der Waals surface area contributed by atoms with Crippen LogP contribution in [-0.2, 0) is 12.8 Å². The number of nitrogens with zero attached hydrogens (tertiary/aromatic N) is 2. The van der Waals surface area contributed by atoms with E-state index in [0.29, 0.717) is 0 Å². The number of fused-ring (bicyclic) bond motifs is 6. The van der Waals surface area contributed by atoms with Crippen LogP contribution < -0.4 is 0 Å². The van der Waals surface area contributed by atoms with Crippen molar-refractivity contribution >= 4 is 33.6 Å². The Balaban J connectivity index is 1.84. The standard InChI is InChI=1S/C15H13N5S/c1-21-15-9-3-2-8-10-4-7-6-16-18-11(7)5-12(10)17-13(8)14(9)19-20-15/h4-6,16,18H,2-3H2,1H3,(H,19,20). The molecule has 0 bridgehead atoms. The number of hydrogen-bond donors (Lipinski definition) is 3. The summed E-state index contributed by atoms with van der Waals surface area (Å²) >= 11 is 1.70. The van der Waals surface area contributed by atoms with Gasteiger partial charge in [0.1, 0.15) is 5.03 Å². The lowest BCUT2D eigenvalue weighted by Gasteiger charge is -2.11. The number of nitrogens with one attached hydrogen (secondary N) is 3. The minimum Gasteiger partial charge on any atom is -0.307 e. The molecule has 3 heterocycles. The normalized spacial score (nSPS) is 13.8. The van der Waals surface area contributed by atoms with Crippen molar-refractivity contribution in [3.63, 3.8) is 0 Å². The molecule has 5 nitrogen and oxygen atoms in total. The molecule has 0 atom stereocenters. The molecule has 1 aromatic carbocycles. The first kappa shape index (κ1) is 11.4. The molecule has 21 heavy (non-hydrogen) atoms. The van der Waals surface area contributed by atoms with Gasteiger partial charge in [-0.15, -0.1) is 11.8 Å². The van der Waals surface area contributed by atoms with Gasteiger partial charge in [-0.1, -0.05) is 0 Å². The molecule has 0 aliphatic heterocycles. The summed E-state index contributed by atoms with van der Waals surface area (Å²) < 4.78 is 0. The second kappa shape index (κ2) is 3.92. The van der Waals surface area contributed by atoms with Gasteiger partial charge < -0.3 is 10.2 Å². The fourth-order valence-electron chi connectivity index (χ4n) is 3.33. The van der Waals surface area contributed by atoms with Gasteiger partial charge >= 0.3 is 0 Å². The maximum atomic E-state index is 4.86. The average molecular weight is 295 g/mol. The van der Waals surface area contributed by atoms with Crippen molar-refractivity contribution in [2.75, 3.05) is 6.26 Å². The van der Waals surface area contributed by atoms with E-state index in [1.54, 1.807) is 11.8 Å². The van der Waals surface area contributed by atoms with E-state index in [0.717, 1.165) is 40.3 Å². The van der Waals surface area contributed by atoms with Crippen molar-refractivity contribution in [1.29, 1.82) is 0 Å². The fraction of sp³-hybridized carbons (Fsp3) is 0.200. The molecule has 1 aliphatic carbocycles. The number of thioether (sulfide) groups is 1. The molecule has 0 spiro atoms. The molecule has 3 N–H and O–H groups in total. The van der Waals surface area contributed by atoms with Crippen molar-refractivity contribution in [2.45, 2.75) is 17.9 Å². The van der Waals surface area contributed by atoms with Gasteiger partial charge in [-0.2, -0.15) is 5.10 Å². The molecule has 3 aromatic heterocycles. The van der Waals surface area contributed by atoms with Gasteiger partial charge in [0.25, 0.3) is 0 Å². The summed E-state index contributed by atoms with van der Waals surface area (Å²) in [7, 11) is 0. The monoisotopic (exact) mass is 295 g/mol. The van der Waals surface area contributed by atoms with E-state index >= 15 is 0 Å². The van der Waals surface area contributed by atoms with Crippen LogP contribution in [0.3, 0.4) is 0 Å².